The second-order valence-corrected chi connectivity index (χ2v) is 5.32. The Hall–Kier alpha value is -0.200. The molecule has 0 bridgehead atoms. The zero-order chi connectivity index (χ0) is 10.8. The molecule has 1 rings (SSSR count). The molecule has 1 N–H and O–H groups in total. The lowest BCUT2D eigenvalue weighted by Gasteiger charge is -2.31. The smallest absolute Gasteiger partial charge is 0.304 e. The van der Waals surface area contributed by atoms with E-state index in [4.69, 9.17) is 0 Å². The van der Waals surface area contributed by atoms with Crippen molar-refractivity contribution < 1.29 is 17.4 Å². The van der Waals surface area contributed by atoms with Gasteiger partial charge in [0, 0.05) is 0 Å². The van der Waals surface area contributed by atoms with Crippen LogP contribution in [0.15, 0.2) is 0 Å². The van der Waals surface area contributed by atoms with E-state index in [9.17, 15) is 17.4 Å². The van der Waals surface area contributed by atoms with Crippen LogP contribution < -0.4 is 0 Å². The molecule has 1 heterocycles. The molecule has 1 fully saturated rings. The average Bonchev–Trinajstić information content (AvgIpc) is 2.02. The maximum Gasteiger partial charge on any atom is 0.304 e. The predicted octanol–water partition coefficient (Wildman–Crippen LogP) is -0.0116. The quantitative estimate of drug-likeness (QED) is 0.686. The Morgan fingerprint density at radius 1 is 1.50 bits per heavy atom. The number of rotatable bonds is 3. The van der Waals surface area contributed by atoms with Gasteiger partial charge in [-0.25, -0.2) is 0 Å². The van der Waals surface area contributed by atoms with Crippen molar-refractivity contribution in [2.75, 3.05) is 25.9 Å². The highest BCUT2D eigenvalue weighted by Crippen LogP contribution is 2.20. The number of hydrogen-bond acceptors (Lipinski definition) is 4. The van der Waals surface area contributed by atoms with Crippen LogP contribution in [0.1, 0.15) is 12.8 Å². The summed E-state index contributed by atoms with van der Waals surface area (Å²) in [6, 6.07) is 0. The molecule has 84 valence electrons. The summed E-state index contributed by atoms with van der Waals surface area (Å²) in [5.41, 5.74) is 0. The van der Waals surface area contributed by atoms with Gasteiger partial charge in [-0.1, -0.05) is 0 Å². The normalized spacial score (nSPS) is 23.6. The molecule has 0 aromatic carbocycles. The lowest BCUT2D eigenvalue weighted by Crippen LogP contribution is -2.37. The zero-order valence-corrected chi connectivity index (χ0v) is 9.00. The molecule has 1 aliphatic heterocycles. The average molecular weight is 225 g/mol. The van der Waals surface area contributed by atoms with Crippen molar-refractivity contribution in [3.05, 3.63) is 0 Å². The number of likely N-dealkylation sites (tertiary alicyclic amines) is 1. The summed E-state index contributed by atoms with van der Waals surface area (Å²) < 4.78 is 32.9. The largest absolute Gasteiger partial charge is 0.392 e. The van der Waals surface area contributed by atoms with Gasteiger partial charge in [0.25, 0.3) is 0 Å². The van der Waals surface area contributed by atoms with E-state index in [1.54, 1.807) is 0 Å². The van der Waals surface area contributed by atoms with Gasteiger partial charge in [-0.3, -0.25) is 0 Å². The Balaban J connectivity index is 2.42. The van der Waals surface area contributed by atoms with Gasteiger partial charge in [-0.15, -0.1) is 3.89 Å². The molecule has 0 spiro atoms. The van der Waals surface area contributed by atoms with Crippen LogP contribution in [-0.2, 0) is 10.2 Å². The molecule has 4 nitrogen and oxygen atoms in total. The van der Waals surface area contributed by atoms with Gasteiger partial charge in [0.15, 0.2) is 0 Å². The summed E-state index contributed by atoms with van der Waals surface area (Å²) in [7, 11) is -2.58. The number of nitrogens with zero attached hydrogens (tertiary/aromatic N) is 1. The molecule has 6 heteroatoms. The standard InChI is InChI=1S/C8H16FNO3S/c1-10-4-2-7(3-5-10)8(11)6-14(9,12)13/h7-8,11H,2-6H2,1H3. The van der Waals surface area contributed by atoms with Crippen LogP contribution >= 0.6 is 0 Å². The molecular weight excluding hydrogens is 209 g/mol. The first kappa shape index (κ1) is 11.9. The molecule has 0 saturated carbocycles. The summed E-state index contributed by atoms with van der Waals surface area (Å²) in [4.78, 5) is 2.10. The monoisotopic (exact) mass is 225 g/mol. The third-order valence-electron chi connectivity index (χ3n) is 2.68. The SMILES string of the molecule is CN1CCC(C(O)CS(=O)(=O)F)CC1. The highest BCUT2D eigenvalue weighted by atomic mass is 32.3. The van der Waals surface area contributed by atoms with Crippen molar-refractivity contribution in [2.24, 2.45) is 5.92 Å². The van der Waals surface area contributed by atoms with Gasteiger partial charge in [-0.2, -0.15) is 8.42 Å². The number of aliphatic hydroxyl groups is 1. The van der Waals surface area contributed by atoms with Crippen molar-refractivity contribution in [1.29, 1.82) is 0 Å². The fourth-order valence-corrected chi connectivity index (χ4v) is 2.43. The van der Waals surface area contributed by atoms with Gasteiger partial charge in [0.2, 0.25) is 0 Å². The van der Waals surface area contributed by atoms with Crippen LogP contribution in [0.25, 0.3) is 0 Å². The first-order chi connectivity index (χ1) is 6.38. The van der Waals surface area contributed by atoms with Gasteiger partial charge in [-0.05, 0) is 38.9 Å². The lowest BCUT2D eigenvalue weighted by molar-refractivity contribution is 0.0812. The van der Waals surface area contributed by atoms with Gasteiger partial charge in [0.1, 0.15) is 5.75 Å². The second-order valence-electron chi connectivity index (χ2n) is 3.91. The summed E-state index contributed by atoms with van der Waals surface area (Å²) in [6.07, 6.45) is 0.402. The summed E-state index contributed by atoms with van der Waals surface area (Å²) in [6.45, 7) is 1.65. The Morgan fingerprint density at radius 3 is 2.43 bits per heavy atom. The zero-order valence-electron chi connectivity index (χ0n) is 8.19. The van der Waals surface area contributed by atoms with Crippen molar-refractivity contribution in [1.82, 2.24) is 4.90 Å². The Morgan fingerprint density at radius 2 is 2.00 bits per heavy atom. The summed E-state index contributed by atoms with van der Waals surface area (Å²) >= 11 is 0. The molecule has 0 aromatic heterocycles. The molecule has 1 unspecified atom stereocenters. The minimum Gasteiger partial charge on any atom is -0.392 e. The van der Waals surface area contributed by atoms with Crippen molar-refractivity contribution in [3.63, 3.8) is 0 Å². The molecular formula is C8H16FNO3S. The van der Waals surface area contributed by atoms with E-state index < -0.39 is 22.1 Å². The number of halogens is 1. The Bertz CT molecular complexity index is 272. The first-order valence-corrected chi connectivity index (χ1v) is 6.22. The van der Waals surface area contributed by atoms with Crippen molar-refractivity contribution in [3.8, 4) is 0 Å². The maximum absolute atomic E-state index is 12.3. The number of aliphatic hydroxyl groups excluding tert-OH is 1. The van der Waals surface area contributed by atoms with Gasteiger partial charge in [0.05, 0.1) is 6.10 Å². The molecule has 0 aromatic rings. The highest BCUT2D eigenvalue weighted by Gasteiger charge is 2.27. The molecule has 1 aliphatic rings. The molecule has 14 heavy (non-hydrogen) atoms. The van der Waals surface area contributed by atoms with Gasteiger partial charge < -0.3 is 10.0 Å². The molecule has 0 aliphatic carbocycles. The summed E-state index contributed by atoms with van der Waals surface area (Å²) in [5.74, 6) is -0.849. The van der Waals surface area contributed by atoms with E-state index in [-0.39, 0.29) is 5.92 Å². The predicted molar refractivity (Wildman–Crippen MR) is 51.1 cm³/mol. The van der Waals surface area contributed by atoms with E-state index in [0.717, 1.165) is 25.9 Å². The number of piperidine rings is 1. The fraction of sp³-hybridized carbons (Fsp3) is 1.00. The van der Waals surface area contributed by atoms with Crippen LogP contribution in [0.5, 0.6) is 0 Å². The van der Waals surface area contributed by atoms with E-state index in [2.05, 4.69) is 4.90 Å². The molecule has 1 saturated heterocycles. The second kappa shape index (κ2) is 4.55. The topological polar surface area (TPSA) is 57.6 Å². The van der Waals surface area contributed by atoms with Gasteiger partial charge >= 0.3 is 10.2 Å². The fourth-order valence-electron chi connectivity index (χ4n) is 1.75. The molecule has 0 radical (unpaired) electrons. The van der Waals surface area contributed by atoms with Crippen LogP contribution in [0.2, 0.25) is 0 Å². The minimum atomic E-state index is -4.55. The third kappa shape index (κ3) is 3.89. The van der Waals surface area contributed by atoms with Crippen molar-refractivity contribution in [2.45, 2.75) is 18.9 Å². The maximum atomic E-state index is 12.3. The van der Waals surface area contributed by atoms with Crippen molar-refractivity contribution >= 4 is 10.2 Å². The highest BCUT2D eigenvalue weighted by molar-refractivity contribution is 7.86. The van der Waals surface area contributed by atoms with Crippen LogP contribution in [-0.4, -0.2) is 50.4 Å². The number of hydrogen-bond donors (Lipinski definition) is 1. The third-order valence-corrected chi connectivity index (χ3v) is 3.42. The Labute approximate surface area is 83.9 Å². The van der Waals surface area contributed by atoms with E-state index in [1.807, 2.05) is 7.05 Å². The molecule has 1 atom stereocenters. The van der Waals surface area contributed by atoms with E-state index in [0.29, 0.717) is 0 Å². The lowest BCUT2D eigenvalue weighted by atomic mass is 9.92. The van der Waals surface area contributed by atoms with E-state index in [1.165, 1.54) is 0 Å². The van der Waals surface area contributed by atoms with Crippen LogP contribution in [0.3, 0.4) is 0 Å². The minimum absolute atomic E-state index is 0.0864. The Kier molecular flexibility index (Phi) is 3.86. The summed E-state index contributed by atoms with van der Waals surface area (Å²) in [5, 5.41) is 9.46. The first-order valence-electron chi connectivity index (χ1n) is 4.67. The van der Waals surface area contributed by atoms with Crippen LogP contribution in [0.4, 0.5) is 3.89 Å². The van der Waals surface area contributed by atoms with E-state index >= 15 is 0 Å². The molecule has 0 amide bonds. The van der Waals surface area contributed by atoms with Crippen LogP contribution in [0, 0.1) is 5.92 Å².